The van der Waals surface area contributed by atoms with E-state index in [9.17, 15) is 0 Å². The number of aromatic nitrogens is 2. The van der Waals surface area contributed by atoms with Crippen LogP contribution in [0, 0.1) is 0 Å². The van der Waals surface area contributed by atoms with Crippen LogP contribution < -0.4 is 0 Å². The Morgan fingerprint density at radius 3 is 1.29 bits per heavy atom. The highest BCUT2D eigenvalue weighted by Crippen LogP contribution is 2.40. The van der Waals surface area contributed by atoms with Crippen molar-refractivity contribution in [2.45, 2.75) is 6.42 Å². The Hall–Kier alpha value is -3.46. The van der Waals surface area contributed by atoms with Gasteiger partial charge in [-0.3, -0.25) is 0 Å². The smallest absolute Gasteiger partial charge is 0.0524 e. The monoisotopic (exact) mass is 494 g/mol. The third-order valence-corrected chi connectivity index (χ3v) is 7.52. The van der Waals surface area contributed by atoms with E-state index < -0.39 is 0 Å². The molecule has 0 unspecified atom stereocenters. The summed E-state index contributed by atoms with van der Waals surface area (Å²) in [6, 6.07) is 33.6. The first-order chi connectivity index (χ1) is 17.0. The first kappa shape index (κ1) is 22.0. The number of benzene rings is 4. The molecular weight excluding hydrogens is 471 g/mol. The summed E-state index contributed by atoms with van der Waals surface area (Å²) in [5.74, 6) is 0. The predicted octanol–water partition coefficient (Wildman–Crippen LogP) is 8.90. The SMILES string of the molecule is Cn1c(-c2ccc(Cl)cc2)c(Cc2c(-c3ccc(Cl)cc3)n(C)c3ccccc23)c2ccccc21. The second kappa shape index (κ2) is 8.64. The van der Waals surface area contributed by atoms with Gasteiger partial charge in [0.05, 0.1) is 11.4 Å². The zero-order valence-corrected chi connectivity index (χ0v) is 21.1. The van der Waals surface area contributed by atoms with Gasteiger partial charge < -0.3 is 9.13 Å². The second-order valence-corrected chi connectivity index (χ2v) is 9.87. The van der Waals surface area contributed by atoms with E-state index >= 15 is 0 Å². The molecule has 0 saturated carbocycles. The van der Waals surface area contributed by atoms with Crippen LogP contribution in [0.3, 0.4) is 0 Å². The molecule has 6 aromatic rings. The Morgan fingerprint density at radius 2 is 0.886 bits per heavy atom. The third kappa shape index (κ3) is 3.65. The molecule has 2 aromatic heterocycles. The van der Waals surface area contributed by atoms with Crippen molar-refractivity contribution >= 4 is 45.0 Å². The van der Waals surface area contributed by atoms with Gasteiger partial charge in [-0.2, -0.15) is 0 Å². The van der Waals surface area contributed by atoms with Crippen molar-refractivity contribution in [2.24, 2.45) is 14.1 Å². The summed E-state index contributed by atoms with van der Waals surface area (Å²) in [5.41, 5.74) is 9.85. The van der Waals surface area contributed by atoms with E-state index in [1.54, 1.807) is 0 Å². The average molecular weight is 495 g/mol. The van der Waals surface area contributed by atoms with E-state index in [-0.39, 0.29) is 0 Å². The second-order valence-electron chi connectivity index (χ2n) is 9.00. The molecule has 2 heterocycles. The van der Waals surface area contributed by atoms with Crippen LogP contribution in [0.1, 0.15) is 11.1 Å². The summed E-state index contributed by atoms with van der Waals surface area (Å²) < 4.78 is 4.61. The highest BCUT2D eigenvalue weighted by atomic mass is 35.5. The summed E-state index contributed by atoms with van der Waals surface area (Å²) in [5, 5.41) is 4.03. The minimum absolute atomic E-state index is 0.744. The molecule has 0 aliphatic rings. The van der Waals surface area contributed by atoms with Gasteiger partial charge in [-0.25, -0.2) is 0 Å². The number of aryl methyl sites for hydroxylation is 2. The molecule has 0 saturated heterocycles. The Morgan fingerprint density at radius 1 is 0.514 bits per heavy atom. The molecule has 2 nitrogen and oxygen atoms in total. The lowest BCUT2D eigenvalue weighted by atomic mass is 9.95. The van der Waals surface area contributed by atoms with E-state index in [1.807, 2.05) is 24.3 Å². The van der Waals surface area contributed by atoms with E-state index in [0.717, 1.165) is 27.6 Å². The molecule has 0 aliphatic heterocycles. The molecule has 0 radical (unpaired) electrons. The Labute approximate surface area is 215 Å². The summed E-state index contributed by atoms with van der Waals surface area (Å²) in [4.78, 5) is 0. The maximum Gasteiger partial charge on any atom is 0.0524 e. The number of hydrogen-bond donors (Lipinski definition) is 0. The number of nitrogens with zero attached hydrogens (tertiary/aromatic N) is 2. The van der Waals surface area contributed by atoms with E-state index in [1.165, 1.54) is 44.3 Å². The van der Waals surface area contributed by atoms with E-state index in [0.29, 0.717) is 0 Å². The standard InChI is InChI=1S/C31H24Cl2N2/c1-34-28-9-5-3-7-24(28)26(30(34)20-11-15-22(32)16-12-20)19-27-25-8-4-6-10-29(25)35(2)31(27)21-13-17-23(33)18-14-21/h3-18H,19H2,1-2H3. The normalized spacial score (nSPS) is 11.5. The number of fused-ring (bicyclic) bond motifs is 2. The number of hydrogen-bond acceptors (Lipinski definition) is 0. The van der Waals surface area contributed by atoms with Gasteiger partial charge in [-0.1, -0.05) is 83.9 Å². The fourth-order valence-corrected chi connectivity index (χ4v) is 5.68. The van der Waals surface area contributed by atoms with Crippen LogP contribution >= 0.6 is 23.2 Å². The fourth-order valence-electron chi connectivity index (χ4n) is 5.43. The lowest BCUT2D eigenvalue weighted by Gasteiger charge is -2.12. The minimum atomic E-state index is 0.744. The molecular formula is C31H24Cl2N2. The number of rotatable bonds is 4. The van der Waals surface area contributed by atoms with Gasteiger partial charge in [0.25, 0.3) is 0 Å². The van der Waals surface area contributed by atoms with Crippen molar-refractivity contribution in [3.63, 3.8) is 0 Å². The van der Waals surface area contributed by atoms with Crippen molar-refractivity contribution in [1.82, 2.24) is 9.13 Å². The molecule has 0 aliphatic carbocycles. The van der Waals surface area contributed by atoms with Crippen LogP contribution in [0.25, 0.3) is 44.3 Å². The van der Waals surface area contributed by atoms with Crippen LogP contribution in [0.4, 0.5) is 0 Å². The lowest BCUT2D eigenvalue weighted by molar-refractivity contribution is 0.959. The molecule has 6 rings (SSSR count). The number of halogens is 2. The van der Waals surface area contributed by atoms with Gasteiger partial charge in [-0.05, 0) is 58.7 Å². The molecule has 35 heavy (non-hydrogen) atoms. The molecule has 0 bridgehead atoms. The van der Waals surface area contributed by atoms with Crippen molar-refractivity contribution < 1.29 is 0 Å². The van der Waals surface area contributed by atoms with Gasteiger partial charge in [0, 0.05) is 52.4 Å². The molecule has 0 amide bonds. The quantitative estimate of drug-likeness (QED) is 0.231. The fraction of sp³-hybridized carbons (Fsp3) is 0.0968. The van der Waals surface area contributed by atoms with Gasteiger partial charge in [0.1, 0.15) is 0 Å². The van der Waals surface area contributed by atoms with Crippen molar-refractivity contribution in [1.29, 1.82) is 0 Å². The van der Waals surface area contributed by atoms with E-state index in [4.69, 9.17) is 23.2 Å². The topological polar surface area (TPSA) is 9.86 Å². The summed E-state index contributed by atoms with van der Waals surface area (Å²) in [6.45, 7) is 0. The molecule has 172 valence electrons. The highest BCUT2D eigenvalue weighted by Gasteiger charge is 2.22. The van der Waals surface area contributed by atoms with Crippen molar-refractivity contribution in [3.05, 3.63) is 118 Å². The Kier molecular flexibility index (Phi) is 5.44. The maximum absolute atomic E-state index is 6.24. The van der Waals surface area contributed by atoms with Gasteiger partial charge in [0.15, 0.2) is 0 Å². The summed E-state index contributed by atoms with van der Waals surface area (Å²) >= 11 is 12.5. The summed E-state index contributed by atoms with van der Waals surface area (Å²) in [7, 11) is 4.30. The first-order valence-corrected chi connectivity index (χ1v) is 12.4. The molecule has 4 heteroatoms. The Balaban J connectivity index is 1.64. The van der Waals surface area contributed by atoms with Gasteiger partial charge in [0.2, 0.25) is 0 Å². The maximum atomic E-state index is 6.24. The third-order valence-electron chi connectivity index (χ3n) is 7.01. The molecule has 0 spiro atoms. The number of para-hydroxylation sites is 2. The highest BCUT2D eigenvalue weighted by molar-refractivity contribution is 6.31. The molecule has 0 atom stereocenters. The molecule has 4 aromatic carbocycles. The first-order valence-electron chi connectivity index (χ1n) is 11.7. The van der Waals surface area contributed by atoms with Crippen molar-refractivity contribution in [2.75, 3.05) is 0 Å². The zero-order valence-electron chi connectivity index (χ0n) is 19.6. The van der Waals surface area contributed by atoms with Crippen LogP contribution in [0.2, 0.25) is 10.0 Å². The summed E-state index contributed by atoms with van der Waals surface area (Å²) in [6.07, 6.45) is 0.804. The predicted molar refractivity (Wildman–Crippen MR) is 150 cm³/mol. The average Bonchev–Trinajstić information content (AvgIpc) is 3.32. The van der Waals surface area contributed by atoms with E-state index in [2.05, 4.69) is 96.0 Å². The van der Waals surface area contributed by atoms with Gasteiger partial charge >= 0.3 is 0 Å². The van der Waals surface area contributed by atoms with Gasteiger partial charge in [-0.15, -0.1) is 0 Å². The largest absolute Gasteiger partial charge is 0.343 e. The van der Waals surface area contributed by atoms with Crippen molar-refractivity contribution in [3.8, 4) is 22.5 Å². The van der Waals surface area contributed by atoms with Crippen LogP contribution in [0.15, 0.2) is 97.1 Å². The Bertz CT molecular complexity index is 1560. The zero-order chi connectivity index (χ0) is 24.1. The van der Waals surface area contributed by atoms with Crippen LogP contribution in [-0.2, 0) is 20.5 Å². The van der Waals surface area contributed by atoms with Crippen LogP contribution in [-0.4, -0.2) is 9.13 Å². The van der Waals surface area contributed by atoms with Crippen LogP contribution in [0.5, 0.6) is 0 Å². The minimum Gasteiger partial charge on any atom is -0.343 e. The molecule has 0 fully saturated rings. The lowest BCUT2D eigenvalue weighted by Crippen LogP contribution is -1.98. The molecule has 0 N–H and O–H groups in total.